The van der Waals surface area contributed by atoms with Crippen LogP contribution >= 0.6 is 22.7 Å². The lowest BCUT2D eigenvalue weighted by Crippen LogP contribution is -2.35. The summed E-state index contributed by atoms with van der Waals surface area (Å²) in [6.07, 6.45) is 0.259. The predicted octanol–water partition coefficient (Wildman–Crippen LogP) is 5.04. The Hall–Kier alpha value is -3.32. The number of fused-ring (bicyclic) bond motifs is 2. The Morgan fingerprint density at radius 2 is 1.84 bits per heavy atom. The highest BCUT2D eigenvalue weighted by Gasteiger charge is 2.30. The van der Waals surface area contributed by atoms with Crippen molar-refractivity contribution in [3.63, 3.8) is 0 Å². The quantitative estimate of drug-likeness (QED) is 0.348. The van der Waals surface area contributed by atoms with Crippen LogP contribution in [0.3, 0.4) is 0 Å². The molecule has 12 heteroatoms. The second-order valence-electron chi connectivity index (χ2n) is 8.83. The van der Waals surface area contributed by atoms with E-state index in [0.717, 1.165) is 35.5 Å². The number of amides is 2. The monoisotopic (exact) mass is 570 g/mol. The molecule has 4 aromatic rings. The number of rotatable bonds is 6. The number of thiazole rings is 1. The summed E-state index contributed by atoms with van der Waals surface area (Å²) in [5.41, 5.74) is 3.15. The minimum absolute atomic E-state index is 0.111. The molecule has 5 rings (SSSR count). The summed E-state index contributed by atoms with van der Waals surface area (Å²) in [4.78, 5) is 33.2. The van der Waals surface area contributed by atoms with Gasteiger partial charge in [0.15, 0.2) is 0 Å². The lowest BCUT2D eigenvalue weighted by Gasteiger charge is -2.26. The third kappa shape index (κ3) is 4.92. The molecule has 38 heavy (non-hydrogen) atoms. The Labute approximate surface area is 228 Å². The molecule has 2 amide bonds. The number of para-hydroxylation sites is 1. The molecule has 0 spiro atoms. The van der Waals surface area contributed by atoms with Gasteiger partial charge in [-0.2, -0.15) is 0 Å². The van der Waals surface area contributed by atoms with Gasteiger partial charge in [0.2, 0.25) is 10.0 Å². The molecule has 1 aliphatic rings. The van der Waals surface area contributed by atoms with Gasteiger partial charge in [-0.05, 0) is 55.3 Å². The van der Waals surface area contributed by atoms with Crippen LogP contribution in [0.1, 0.15) is 27.7 Å². The van der Waals surface area contributed by atoms with Crippen LogP contribution in [-0.2, 0) is 27.7 Å². The SMILES string of the molecule is CCOC(=O)N1CCc2c(sc(NC(=O)c3ccc(S(=O)(=O)N(C)C)cc3)c2-c2nc3ccccc3s2)C1. The maximum atomic E-state index is 13.3. The summed E-state index contributed by atoms with van der Waals surface area (Å²) < 4.78 is 32.1. The number of ether oxygens (including phenoxy) is 1. The summed E-state index contributed by atoms with van der Waals surface area (Å²) in [6.45, 7) is 2.98. The van der Waals surface area contributed by atoms with Gasteiger partial charge < -0.3 is 15.0 Å². The number of hydrogen-bond acceptors (Lipinski definition) is 8. The van der Waals surface area contributed by atoms with Crippen LogP contribution in [0.15, 0.2) is 53.4 Å². The van der Waals surface area contributed by atoms with E-state index in [2.05, 4.69) is 5.32 Å². The van der Waals surface area contributed by atoms with E-state index in [-0.39, 0.29) is 16.9 Å². The van der Waals surface area contributed by atoms with Gasteiger partial charge in [0, 0.05) is 36.6 Å². The summed E-state index contributed by atoms with van der Waals surface area (Å²) in [5, 5.41) is 4.48. The number of sulfonamides is 1. The van der Waals surface area contributed by atoms with Gasteiger partial charge in [-0.1, -0.05) is 12.1 Å². The fraction of sp³-hybridized carbons (Fsp3) is 0.269. The molecule has 2 aromatic carbocycles. The number of aromatic nitrogens is 1. The number of benzene rings is 2. The number of thiophene rings is 1. The van der Waals surface area contributed by atoms with Gasteiger partial charge in [0.1, 0.15) is 10.0 Å². The molecule has 0 bridgehead atoms. The summed E-state index contributed by atoms with van der Waals surface area (Å²) in [5.74, 6) is -0.359. The Balaban J connectivity index is 1.50. The van der Waals surface area contributed by atoms with E-state index in [1.807, 2.05) is 24.3 Å². The van der Waals surface area contributed by atoms with Crippen molar-refractivity contribution in [1.29, 1.82) is 0 Å². The maximum Gasteiger partial charge on any atom is 0.410 e. The zero-order valence-corrected chi connectivity index (χ0v) is 23.5. The first-order chi connectivity index (χ1) is 18.2. The number of nitrogens with zero attached hydrogens (tertiary/aromatic N) is 3. The Kier molecular flexibility index (Phi) is 7.23. The highest BCUT2D eigenvalue weighted by atomic mass is 32.2. The molecule has 0 saturated carbocycles. The van der Waals surface area contributed by atoms with Crippen LogP contribution in [0.25, 0.3) is 20.8 Å². The second-order valence-corrected chi connectivity index (χ2v) is 13.1. The van der Waals surface area contributed by atoms with Crippen molar-refractivity contribution in [3.05, 3.63) is 64.5 Å². The molecule has 0 radical (unpaired) electrons. The van der Waals surface area contributed by atoms with E-state index in [1.54, 1.807) is 23.2 Å². The van der Waals surface area contributed by atoms with Gasteiger partial charge in [-0.25, -0.2) is 22.5 Å². The van der Waals surface area contributed by atoms with Gasteiger partial charge in [0.05, 0.1) is 28.3 Å². The second kappa shape index (κ2) is 10.4. The van der Waals surface area contributed by atoms with Crippen LogP contribution in [0.2, 0.25) is 0 Å². The zero-order valence-electron chi connectivity index (χ0n) is 21.1. The van der Waals surface area contributed by atoms with Crippen LogP contribution in [0.4, 0.5) is 9.80 Å². The average Bonchev–Trinajstić information content (AvgIpc) is 3.48. The van der Waals surface area contributed by atoms with E-state index in [1.165, 1.54) is 49.7 Å². The number of hydrogen-bond donors (Lipinski definition) is 1. The van der Waals surface area contributed by atoms with Gasteiger partial charge in [-0.3, -0.25) is 4.79 Å². The van der Waals surface area contributed by atoms with Crippen molar-refractivity contribution < 1.29 is 22.7 Å². The first kappa shape index (κ1) is 26.3. The molecule has 0 unspecified atom stereocenters. The van der Waals surface area contributed by atoms with Crippen LogP contribution < -0.4 is 5.32 Å². The predicted molar refractivity (Wildman–Crippen MR) is 149 cm³/mol. The molecule has 198 valence electrons. The molecule has 2 aromatic heterocycles. The standard InChI is InChI=1S/C26H26N4O5S3/c1-4-35-26(32)30-14-13-18-21(15-30)37-25(22(18)24-27-19-7-5-6-8-20(19)36-24)28-23(31)16-9-11-17(12-10-16)38(33,34)29(2)3/h5-12H,4,13-15H2,1-3H3,(H,28,31). The third-order valence-corrected chi connectivity index (χ3v) is 10.2. The van der Waals surface area contributed by atoms with Crippen molar-refractivity contribution in [2.75, 3.05) is 32.6 Å². The molecule has 3 heterocycles. The number of anilines is 1. The molecular formula is C26H26N4O5S3. The maximum absolute atomic E-state index is 13.3. The Morgan fingerprint density at radius 3 is 2.53 bits per heavy atom. The van der Waals surface area contributed by atoms with Crippen LogP contribution in [0, 0.1) is 0 Å². The fourth-order valence-corrected chi connectivity index (χ4v) is 7.50. The van der Waals surface area contributed by atoms with Gasteiger partial charge >= 0.3 is 6.09 Å². The number of nitrogens with one attached hydrogen (secondary N) is 1. The topological polar surface area (TPSA) is 109 Å². The minimum atomic E-state index is -3.60. The van der Waals surface area contributed by atoms with Crippen molar-refractivity contribution in [3.8, 4) is 10.6 Å². The molecule has 0 saturated heterocycles. The van der Waals surface area contributed by atoms with Crippen molar-refractivity contribution in [1.82, 2.24) is 14.2 Å². The lowest BCUT2D eigenvalue weighted by atomic mass is 10.0. The van der Waals surface area contributed by atoms with E-state index in [4.69, 9.17) is 9.72 Å². The first-order valence-electron chi connectivity index (χ1n) is 11.9. The summed E-state index contributed by atoms with van der Waals surface area (Å²) in [7, 11) is -0.679. The normalized spacial score (nSPS) is 13.5. The highest BCUT2D eigenvalue weighted by molar-refractivity contribution is 7.89. The fourth-order valence-electron chi connectivity index (χ4n) is 4.23. The van der Waals surface area contributed by atoms with Gasteiger partial charge in [0.25, 0.3) is 5.91 Å². The number of carbonyl (C=O) groups excluding carboxylic acids is 2. The van der Waals surface area contributed by atoms with E-state index in [9.17, 15) is 18.0 Å². The highest BCUT2D eigenvalue weighted by Crippen LogP contribution is 2.46. The van der Waals surface area contributed by atoms with Crippen molar-refractivity contribution in [2.24, 2.45) is 0 Å². The third-order valence-electron chi connectivity index (χ3n) is 6.21. The molecule has 0 fully saturated rings. The smallest absolute Gasteiger partial charge is 0.410 e. The lowest BCUT2D eigenvalue weighted by molar-refractivity contribution is 0.102. The largest absolute Gasteiger partial charge is 0.450 e. The summed E-state index contributed by atoms with van der Waals surface area (Å²) in [6, 6.07) is 13.7. The Morgan fingerprint density at radius 1 is 1.11 bits per heavy atom. The van der Waals surface area contributed by atoms with Crippen LogP contribution in [0.5, 0.6) is 0 Å². The molecular weight excluding hydrogens is 545 g/mol. The van der Waals surface area contributed by atoms with Gasteiger partial charge in [-0.15, -0.1) is 22.7 Å². The average molecular weight is 571 g/mol. The van der Waals surface area contributed by atoms with Crippen molar-refractivity contribution in [2.45, 2.75) is 24.8 Å². The molecule has 1 aliphatic heterocycles. The Bertz CT molecular complexity index is 1590. The van der Waals surface area contributed by atoms with E-state index >= 15 is 0 Å². The zero-order chi connectivity index (χ0) is 27.0. The van der Waals surface area contributed by atoms with E-state index in [0.29, 0.717) is 36.7 Å². The number of carbonyl (C=O) groups is 2. The molecule has 0 aliphatic carbocycles. The minimum Gasteiger partial charge on any atom is -0.450 e. The molecule has 0 atom stereocenters. The van der Waals surface area contributed by atoms with Crippen LogP contribution in [-0.4, -0.2) is 61.9 Å². The molecule has 9 nitrogen and oxygen atoms in total. The first-order valence-corrected chi connectivity index (χ1v) is 15.0. The van der Waals surface area contributed by atoms with E-state index < -0.39 is 10.0 Å². The van der Waals surface area contributed by atoms with Crippen molar-refractivity contribution >= 4 is 59.9 Å². The summed E-state index contributed by atoms with van der Waals surface area (Å²) >= 11 is 2.98. The molecule has 1 N–H and O–H groups in total.